The number of hydrogen-bond donors (Lipinski definition) is 0. The summed E-state index contributed by atoms with van der Waals surface area (Å²) in [5.41, 5.74) is 0. The molecular formula is C4HClO. The Morgan fingerprint density at radius 3 is 2.83 bits per heavy atom. The summed E-state index contributed by atoms with van der Waals surface area (Å²) in [4.78, 5) is 0. The molecule has 30 valence electrons. The molecule has 6 heavy (non-hydrogen) atoms. The standard InChI is InChI=1S/C4HClO/c5-4-2-1-3-6-4/h3H. The van der Waals surface area contributed by atoms with Gasteiger partial charge in [-0.2, -0.15) is 0 Å². The van der Waals surface area contributed by atoms with E-state index in [2.05, 4.69) is 16.5 Å². The average Bonchev–Trinajstić information content (AvgIpc) is 1.86. The van der Waals surface area contributed by atoms with Crippen LogP contribution in [0.3, 0.4) is 0 Å². The molecule has 0 saturated carbocycles. The van der Waals surface area contributed by atoms with E-state index in [9.17, 15) is 0 Å². The predicted molar refractivity (Wildman–Crippen MR) is 21.4 cm³/mol. The number of halogens is 1. The van der Waals surface area contributed by atoms with E-state index in [0.717, 1.165) is 0 Å². The van der Waals surface area contributed by atoms with Crippen LogP contribution in [-0.2, 0) is 0 Å². The average molecular weight is 101 g/mol. The molecule has 1 aromatic heterocycles. The van der Waals surface area contributed by atoms with Crippen LogP contribution in [-0.4, -0.2) is 0 Å². The number of rotatable bonds is 0. The Hall–Kier alpha value is -0.430. The molecule has 0 N–H and O–H groups in total. The van der Waals surface area contributed by atoms with Crippen molar-refractivity contribution < 1.29 is 4.42 Å². The third-order valence-corrected chi connectivity index (χ3v) is 0.575. The highest BCUT2D eigenvalue weighted by Gasteiger charge is 1.81. The molecule has 0 aliphatic heterocycles. The number of furan rings is 1. The van der Waals surface area contributed by atoms with Crippen molar-refractivity contribution in [3.05, 3.63) is 23.6 Å². The largest absolute Gasteiger partial charge is 0.452 e. The van der Waals surface area contributed by atoms with Crippen molar-refractivity contribution in [3.8, 4) is 0 Å². The molecule has 0 fully saturated rings. The van der Waals surface area contributed by atoms with Crippen LogP contribution < -0.4 is 0 Å². The van der Waals surface area contributed by atoms with E-state index in [1.165, 1.54) is 6.26 Å². The van der Waals surface area contributed by atoms with Gasteiger partial charge >= 0.3 is 0 Å². The first-order valence-electron chi connectivity index (χ1n) is 1.42. The SMILES string of the molecule is Clc1[c][c]co1. The number of hydrogen-bond acceptors (Lipinski definition) is 1. The van der Waals surface area contributed by atoms with Crippen molar-refractivity contribution in [1.82, 2.24) is 0 Å². The monoisotopic (exact) mass is 100.0 g/mol. The van der Waals surface area contributed by atoms with Crippen LogP contribution in [0.4, 0.5) is 0 Å². The van der Waals surface area contributed by atoms with Gasteiger partial charge in [-0.05, 0) is 11.6 Å². The highest BCUT2D eigenvalue weighted by atomic mass is 35.5. The second kappa shape index (κ2) is 1.35. The molecule has 0 saturated heterocycles. The van der Waals surface area contributed by atoms with Gasteiger partial charge < -0.3 is 4.42 Å². The zero-order valence-electron chi connectivity index (χ0n) is 2.86. The van der Waals surface area contributed by atoms with Crippen molar-refractivity contribution in [1.29, 1.82) is 0 Å². The minimum atomic E-state index is 0.259. The summed E-state index contributed by atoms with van der Waals surface area (Å²) in [6, 6.07) is 4.98. The van der Waals surface area contributed by atoms with Crippen LogP contribution in [0, 0.1) is 12.1 Å². The van der Waals surface area contributed by atoms with Crippen LogP contribution in [0.5, 0.6) is 0 Å². The molecule has 1 rings (SSSR count). The Morgan fingerprint density at radius 1 is 1.83 bits per heavy atom. The molecule has 1 nitrogen and oxygen atoms in total. The van der Waals surface area contributed by atoms with Crippen molar-refractivity contribution in [2.75, 3.05) is 0 Å². The molecule has 0 amide bonds. The first-order valence-corrected chi connectivity index (χ1v) is 1.80. The first-order chi connectivity index (χ1) is 2.89. The maximum atomic E-state index is 5.20. The molecule has 2 heteroatoms. The van der Waals surface area contributed by atoms with Crippen molar-refractivity contribution in [2.24, 2.45) is 0 Å². The summed E-state index contributed by atoms with van der Waals surface area (Å²) in [5.74, 6) is 0. The topological polar surface area (TPSA) is 13.1 Å². The highest BCUT2D eigenvalue weighted by Crippen LogP contribution is 2.03. The van der Waals surface area contributed by atoms with Gasteiger partial charge in [0.25, 0.3) is 0 Å². The third-order valence-electron chi connectivity index (χ3n) is 0.392. The summed E-state index contributed by atoms with van der Waals surface area (Å²) in [7, 11) is 0. The molecule has 0 aliphatic rings. The zero-order valence-corrected chi connectivity index (χ0v) is 3.62. The van der Waals surface area contributed by atoms with Crippen LogP contribution in [0.1, 0.15) is 0 Å². The molecule has 0 aliphatic carbocycles. The molecule has 2 radical (unpaired) electrons. The van der Waals surface area contributed by atoms with Crippen LogP contribution in [0.2, 0.25) is 5.22 Å². The Morgan fingerprint density at radius 2 is 2.67 bits per heavy atom. The lowest BCUT2D eigenvalue weighted by atomic mass is 10.7. The summed E-state index contributed by atoms with van der Waals surface area (Å²) in [6.45, 7) is 0. The van der Waals surface area contributed by atoms with Crippen molar-refractivity contribution in [2.45, 2.75) is 0 Å². The lowest BCUT2D eigenvalue weighted by molar-refractivity contribution is 0.568. The van der Waals surface area contributed by atoms with Crippen LogP contribution in [0.25, 0.3) is 0 Å². The van der Waals surface area contributed by atoms with E-state index in [1.807, 2.05) is 0 Å². The summed E-state index contributed by atoms with van der Waals surface area (Å²) < 4.78 is 4.49. The zero-order chi connectivity index (χ0) is 4.41. The van der Waals surface area contributed by atoms with Gasteiger partial charge in [0.1, 0.15) is 6.26 Å². The first kappa shape index (κ1) is 3.75. The smallest absolute Gasteiger partial charge is 0.201 e. The third kappa shape index (κ3) is 0.546. The van der Waals surface area contributed by atoms with Gasteiger partial charge in [0.15, 0.2) is 0 Å². The lowest BCUT2D eigenvalue weighted by Crippen LogP contribution is -1.36. The second-order valence-corrected chi connectivity index (χ2v) is 1.12. The fraction of sp³-hybridized carbons (Fsp3) is 0. The Balaban J connectivity index is 3.05. The summed E-state index contributed by atoms with van der Waals surface area (Å²) >= 11 is 5.20. The van der Waals surface area contributed by atoms with E-state index >= 15 is 0 Å². The summed E-state index contributed by atoms with van der Waals surface area (Å²) in [5, 5.41) is 0.259. The molecule has 1 aromatic rings. The van der Waals surface area contributed by atoms with Gasteiger partial charge in [-0.25, -0.2) is 0 Å². The lowest BCUT2D eigenvalue weighted by Gasteiger charge is -1.64. The van der Waals surface area contributed by atoms with E-state index < -0.39 is 0 Å². The Labute approximate surface area is 40.5 Å². The van der Waals surface area contributed by atoms with E-state index in [1.54, 1.807) is 0 Å². The van der Waals surface area contributed by atoms with Gasteiger partial charge in [0.05, 0.1) is 6.07 Å². The summed E-state index contributed by atoms with van der Waals surface area (Å²) in [6.07, 6.45) is 1.35. The van der Waals surface area contributed by atoms with Crippen LogP contribution in [0.15, 0.2) is 10.7 Å². The normalized spacial score (nSPS) is 8.83. The Kier molecular flexibility index (Phi) is 0.843. The van der Waals surface area contributed by atoms with E-state index in [-0.39, 0.29) is 5.22 Å². The van der Waals surface area contributed by atoms with E-state index in [0.29, 0.717) is 0 Å². The minimum absolute atomic E-state index is 0.259. The van der Waals surface area contributed by atoms with Gasteiger partial charge in [0.2, 0.25) is 5.22 Å². The van der Waals surface area contributed by atoms with Crippen LogP contribution >= 0.6 is 11.6 Å². The van der Waals surface area contributed by atoms with E-state index in [4.69, 9.17) is 11.6 Å². The molecule has 1 heterocycles. The highest BCUT2D eigenvalue weighted by molar-refractivity contribution is 6.28. The molecule has 0 aromatic carbocycles. The molecule has 0 spiro atoms. The Bertz CT molecular complexity index is 111. The maximum Gasteiger partial charge on any atom is 0.201 e. The second-order valence-electron chi connectivity index (χ2n) is 0.779. The van der Waals surface area contributed by atoms with Gasteiger partial charge in [0, 0.05) is 6.07 Å². The molecular weight excluding hydrogens is 99.5 g/mol. The van der Waals surface area contributed by atoms with Crippen molar-refractivity contribution in [3.63, 3.8) is 0 Å². The molecule has 0 bridgehead atoms. The minimum Gasteiger partial charge on any atom is -0.452 e. The quantitative estimate of drug-likeness (QED) is 0.482. The molecule has 0 atom stereocenters. The fourth-order valence-corrected chi connectivity index (χ4v) is 0.296. The van der Waals surface area contributed by atoms with Gasteiger partial charge in [-0.1, -0.05) is 0 Å². The maximum absolute atomic E-state index is 5.20. The molecule has 0 unspecified atom stereocenters. The van der Waals surface area contributed by atoms with Gasteiger partial charge in [-0.15, -0.1) is 0 Å². The predicted octanol–water partition coefficient (Wildman–Crippen LogP) is 1.53. The van der Waals surface area contributed by atoms with Crippen molar-refractivity contribution >= 4 is 11.6 Å². The van der Waals surface area contributed by atoms with Gasteiger partial charge in [-0.3, -0.25) is 0 Å². The fourth-order valence-electron chi connectivity index (χ4n) is 0.197.